The molecule has 0 bridgehead atoms. The van der Waals surface area contributed by atoms with Crippen LogP contribution in [-0.4, -0.2) is 128 Å². The molecule has 3 aromatic rings. The molecule has 15 heteroatoms. The number of hydrogen-bond donors (Lipinski definition) is 7. The fourth-order valence-corrected chi connectivity index (χ4v) is 7.78. The number of benzene rings is 2. The second kappa shape index (κ2) is 18.4. The molecule has 292 valence electrons. The topological polar surface area (TPSA) is 188 Å². The number of aromatic nitrogens is 1. The van der Waals surface area contributed by atoms with Gasteiger partial charge in [0.1, 0.15) is 24.1 Å². The highest BCUT2D eigenvalue weighted by molar-refractivity contribution is 7.99. The number of carbonyl (C=O) groups excluding carboxylic acids is 2. The SMILES string of the molecule is O=C1NCCN1CCN(CCCCSc1ccc(Cl)c(CNC2(c3cnccc3-c3ccccc3OC3CC3)CC2)c1)C(=O)[C@@H](O)[C@@H](O)[C@H](O)[C@@H](O)CO. The summed E-state index contributed by atoms with van der Waals surface area (Å²) in [6.45, 7) is 1.28. The number of halogens is 1. The number of carbonyl (C=O) groups is 2. The molecule has 54 heavy (non-hydrogen) atoms. The molecule has 1 aromatic heterocycles. The Kier molecular flexibility index (Phi) is 13.7. The molecular weight excluding hydrogens is 734 g/mol. The second-order valence-electron chi connectivity index (χ2n) is 14.2. The average Bonchev–Trinajstić information content (AvgIpc) is 4.13. The van der Waals surface area contributed by atoms with E-state index in [1.807, 2.05) is 42.7 Å². The summed E-state index contributed by atoms with van der Waals surface area (Å²) in [5.41, 5.74) is 4.11. The van der Waals surface area contributed by atoms with Gasteiger partial charge in [-0.1, -0.05) is 29.8 Å². The number of para-hydroxylation sites is 1. The third kappa shape index (κ3) is 10.0. The Balaban J connectivity index is 1.03. The maximum absolute atomic E-state index is 13.2. The standard InChI is InChI=1S/C39H50ClN5O8S/c40-31-10-9-27(54-20-4-3-16-44(18-19-45-17-15-42-38(45)52)37(51)36(50)35(49)34(48)32(47)24-46)21-25(31)22-43-39(12-13-39)30-23-41-14-11-28(30)29-5-1-2-6-33(29)53-26-7-8-26/h1-2,5-6,9-11,14,21,23,26,32,34-36,43,46-50H,3-4,7-8,12-13,15-20,22,24H2,(H,42,52)/t32-,34+,35-,36-/m0/s1. The fourth-order valence-electron chi connectivity index (χ4n) is 6.62. The van der Waals surface area contributed by atoms with Crippen molar-refractivity contribution in [3.05, 3.63) is 77.1 Å². The fraction of sp³-hybridized carbons (Fsp3) is 0.513. The molecule has 6 rings (SSSR count). The van der Waals surface area contributed by atoms with Gasteiger partial charge >= 0.3 is 6.03 Å². The monoisotopic (exact) mass is 783 g/mol. The van der Waals surface area contributed by atoms with E-state index in [9.17, 15) is 30.0 Å². The Hall–Kier alpha value is -3.47. The molecule has 0 unspecified atom stereocenters. The first-order valence-corrected chi connectivity index (χ1v) is 20.0. The van der Waals surface area contributed by atoms with Crippen LogP contribution in [0, 0.1) is 0 Å². The molecule has 2 saturated carbocycles. The number of unbranched alkanes of at least 4 members (excludes halogenated alkanes) is 1. The van der Waals surface area contributed by atoms with Crippen molar-refractivity contribution in [3.63, 3.8) is 0 Å². The molecule has 2 heterocycles. The summed E-state index contributed by atoms with van der Waals surface area (Å²) < 4.78 is 6.26. The summed E-state index contributed by atoms with van der Waals surface area (Å²) in [4.78, 5) is 33.7. The lowest BCUT2D eigenvalue weighted by atomic mass is 9.94. The van der Waals surface area contributed by atoms with Gasteiger partial charge in [0.25, 0.3) is 5.91 Å². The van der Waals surface area contributed by atoms with E-state index in [1.54, 1.807) is 16.7 Å². The summed E-state index contributed by atoms with van der Waals surface area (Å²) >= 11 is 8.36. The number of hydrogen-bond acceptors (Lipinski definition) is 11. The highest BCUT2D eigenvalue weighted by Gasteiger charge is 2.46. The average molecular weight is 784 g/mol. The first-order chi connectivity index (χ1) is 26.1. The zero-order chi connectivity index (χ0) is 38.2. The summed E-state index contributed by atoms with van der Waals surface area (Å²) in [6, 6.07) is 16.0. The zero-order valence-corrected chi connectivity index (χ0v) is 31.7. The quantitative estimate of drug-likeness (QED) is 0.0622. The molecule has 2 aromatic carbocycles. The van der Waals surface area contributed by atoms with E-state index in [-0.39, 0.29) is 31.2 Å². The molecule has 0 radical (unpaired) electrons. The molecule has 7 N–H and O–H groups in total. The van der Waals surface area contributed by atoms with E-state index in [2.05, 4.69) is 33.8 Å². The first kappa shape index (κ1) is 40.2. The van der Waals surface area contributed by atoms with Crippen molar-refractivity contribution < 1.29 is 39.9 Å². The second-order valence-corrected chi connectivity index (χ2v) is 15.8. The summed E-state index contributed by atoms with van der Waals surface area (Å²) in [5, 5.41) is 57.0. The largest absolute Gasteiger partial charge is 0.490 e. The Labute approximate surface area is 324 Å². The van der Waals surface area contributed by atoms with Gasteiger partial charge in [0, 0.05) is 72.7 Å². The minimum Gasteiger partial charge on any atom is -0.490 e. The maximum Gasteiger partial charge on any atom is 0.317 e. The van der Waals surface area contributed by atoms with Crippen LogP contribution in [-0.2, 0) is 16.9 Å². The van der Waals surface area contributed by atoms with Gasteiger partial charge in [0.05, 0.1) is 12.7 Å². The highest BCUT2D eigenvalue weighted by atomic mass is 35.5. The number of aliphatic hydroxyl groups excluding tert-OH is 5. The van der Waals surface area contributed by atoms with Crippen LogP contribution in [0.25, 0.3) is 11.1 Å². The molecule has 1 saturated heterocycles. The van der Waals surface area contributed by atoms with Crippen LogP contribution in [0.2, 0.25) is 5.02 Å². The van der Waals surface area contributed by atoms with Crippen molar-refractivity contribution in [1.82, 2.24) is 25.4 Å². The summed E-state index contributed by atoms with van der Waals surface area (Å²) in [6.07, 6.45) is 1.83. The molecule has 3 aliphatic rings. The lowest BCUT2D eigenvalue weighted by Crippen LogP contribution is -2.53. The first-order valence-electron chi connectivity index (χ1n) is 18.6. The minimum atomic E-state index is -2.03. The normalized spacial score (nSPS) is 18.5. The maximum atomic E-state index is 13.2. The van der Waals surface area contributed by atoms with E-state index >= 15 is 0 Å². The summed E-state index contributed by atoms with van der Waals surface area (Å²) in [7, 11) is 0. The number of nitrogens with one attached hydrogen (secondary N) is 2. The van der Waals surface area contributed by atoms with Gasteiger partial charge in [0.15, 0.2) is 6.10 Å². The number of rotatable bonds is 21. The van der Waals surface area contributed by atoms with Gasteiger partial charge in [-0.3, -0.25) is 9.78 Å². The van der Waals surface area contributed by atoms with Crippen LogP contribution < -0.4 is 15.4 Å². The number of thioether (sulfide) groups is 1. The van der Waals surface area contributed by atoms with Gasteiger partial charge in [-0.05, 0) is 91.3 Å². The predicted molar refractivity (Wildman–Crippen MR) is 205 cm³/mol. The number of aliphatic hydroxyl groups is 5. The minimum absolute atomic E-state index is 0.109. The van der Waals surface area contributed by atoms with Crippen molar-refractivity contribution >= 4 is 35.3 Å². The smallest absolute Gasteiger partial charge is 0.317 e. The predicted octanol–water partition coefficient (Wildman–Crippen LogP) is 2.88. The van der Waals surface area contributed by atoms with Crippen molar-refractivity contribution in [2.75, 3.05) is 45.1 Å². The van der Waals surface area contributed by atoms with E-state index in [1.165, 1.54) is 4.90 Å². The van der Waals surface area contributed by atoms with Crippen molar-refractivity contribution in [2.45, 2.75) is 86.0 Å². The summed E-state index contributed by atoms with van der Waals surface area (Å²) in [5.74, 6) is 0.803. The number of amides is 3. The number of pyridine rings is 1. The number of urea groups is 1. The molecule has 3 amide bonds. The van der Waals surface area contributed by atoms with Crippen LogP contribution >= 0.6 is 23.4 Å². The molecule has 3 fully saturated rings. The van der Waals surface area contributed by atoms with Crippen molar-refractivity contribution in [1.29, 1.82) is 0 Å². The Bertz CT molecular complexity index is 1750. The molecule has 13 nitrogen and oxygen atoms in total. The highest BCUT2D eigenvalue weighted by Crippen LogP contribution is 2.50. The van der Waals surface area contributed by atoms with E-state index in [0.29, 0.717) is 37.2 Å². The molecule has 1 aliphatic heterocycles. The zero-order valence-electron chi connectivity index (χ0n) is 30.1. The van der Waals surface area contributed by atoms with E-state index < -0.39 is 36.9 Å². The van der Waals surface area contributed by atoms with Crippen LogP contribution in [0.5, 0.6) is 5.75 Å². The van der Waals surface area contributed by atoms with E-state index in [0.717, 1.165) is 70.8 Å². The van der Waals surface area contributed by atoms with E-state index in [4.69, 9.17) is 21.4 Å². The Morgan fingerprint density at radius 2 is 1.87 bits per heavy atom. The Morgan fingerprint density at radius 1 is 1.07 bits per heavy atom. The molecule has 2 aliphatic carbocycles. The van der Waals surface area contributed by atoms with Gasteiger partial charge in [-0.2, -0.15) is 0 Å². The van der Waals surface area contributed by atoms with Crippen LogP contribution in [0.1, 0.15) is 49.7 Å². The third-order valence-electron chi connectivity index (χ3n) is 10.2. The lowest BCUT2D eigenvalue weighted by molar-refractivity contribution is -0.158. The third-order valence-corrected chi connectivity index (χ3v) is 11.7. The van der Waals surface area contributed by atoms with Crippen molar-refractivity contribution in [2.24, 2.45) is 0 Å². The molecule has 0 spiro atoms. The van der Waals surface area contributed by atoms with Crippen molar-refractivity contribution in [3.8, 4) is 16.9 Å². The number of ether oxygens (including phenoxy) is 1. The van der Waals surface area contributed by atoms with Crippen LogP contribution in [0.4, 0.5) is 4.79 Å². The van der Waals surface area contributed by atoms with Gasteiger partial charge in [-0.25, -0.2) is 4.79 Å². The van der Waals surface area contributed by atoms with Gasteiger partial charge < -0.3 is 50.7 Å². The Morgan fingerprint density at radius 3 is 2.59 bits per heavy atom. The van der Waals surface area contributed by atoms with Gasteiger partial charge in [-0.15, -0.1) is 11.8 Å². The lowest BCUT2D eigenvalue weighted by Gasteiger charge is -2.31. The molecular formula is C39H50ClN5O8S. The van der Waals surface area contributed by atoms with Gasteiger partial charge in [0.2, 0.25) is 0 Å². The molecule has 4 atom stereocenters. The van der Waals surface area contributed by atoms with Crippen LogP contribution in [0.15, 0.2) is 65.8 Å². The van der Waals surface area contributed by atoms with Crippen LogP contribution in [0.3, 0.4) is 0 Å². The number of nitrogens with zero attached hydrogens (tertiary/aromatic N) is 3.